The fourth-order valence-electron chi connectivity index (χ4n) is 3.53. The summed E-state index contributed by atoms with van der Waals surface area (Å²) in [7, 11) is -0.390. The maximum atomic E-state index is 12.9. The lowest BCUT2D eigenvalue weighted by Crippen LogP contribution is -2.50. The van der Waals surface area contributed by atoms with Crippen LogP contribution in [0.5, 0.6) is 0 Å². The quantitative estimate of drug-likeness (QED) is 0.819. The number of carbonyl (C=O) groups is 1. The van der Waals surface area contributed by atoms with Crippen LogP contribution in [-0.2, 0) is 28.0 Å². The molecule has 1 unspecified atom stereocenters. The van der Waals surface area contributed by atoms with E-state index in [2.05, 4.69) is 12.1 Å². The molecule has 0 bridgehead atoms. The molecule has 2 heterocycles. The zero-order valence-corrected chi connectivity index (χ0v) is 15.1. The Morgan fingerprint density at radius 1 is 1.17 bits per heavy atom. The second-order valence-electron chi connectivity index (χ2n) is 6.77. The van der Waals surface area contributed by atoms with Crippen molar-refractivity contribution in [2.75, 3.05) is 33.7 Å². The van der Waals surface area contributed by atoms with E-state index in [4.69, 9.17) is 0 Å². The van der Waals surface area contributed by atoms with Gasteiger partial charge in [0.05, 0.1) is 5.92 Å². The van der Waals surface area contributed by atoms with E-state index < -0.39 is 10.2 Å². The third-order valence-corrected chi connectivity index (χ3v) is 6.87. The molecule has 0 spiro atoms. The second-order valence-corrected chi connectivity index (χ2v) is 8.91. The normalized spacial score (nSPS) is 22.5. The second kappa shape index (κ2) is 6.82. The van der Waals surface area contributed by atoms with Gasteiger partial charge in [0.1, 0.15) is 0 Å². The predicted molar refractivity (Wildman–Crippen MR) is 92.5 cm³/mol. The number of hydrogen-bond acceptors (Lipinski definition) is 3. The van der Waals surface area contributed by atoms with Crippen LogP contribution in [0.4, 0.5) is 0 Å². The van der Waals surface area contributed by atoms with Gasteiger partial charge in [-0.2, -0.15) is 17.0 Å². The van der Waals surface area contributed by atoms with Gasteiger partial charge in [0, 0.05) is 40.3 Å². The summed E-state index contributed by atoms with van der Waals surface area (Å²) in [5.41, 5.74) is 2.51. The molecule has 3 rings (SSSR count). The number of piperidine rings is 1. The van der Waals surface area contributed by atoms with E-state index in [-0.39, 0.29) is 18.4 Å². The van der Waals surface area contributed by atoms with Gasteiger partial charge in [-0.25, -0.2) is 0 Å². The van der Waals surface area contributed by atoms with Crippen LogP contribution in [-0.4, -0.2) is 61.6 Å². The highest BCUT2D eigenvalue weighted by atomic mass is 32.2. The van der Waals surface area contributed by atoms with Gasteiger partial charge < -0.3 is 4.90 Å². The van der Waals surface area contributed by atoms with Gasteiger partial charge in [-0.3, -0.25) is 4.79 Å². The van der Waals surface area contributed by atoms with E-state index in [1.165, 1.54) is 33.8 Å². The first-order valence-corrected chi connectivity index (χ1v) is 9.82. The summed E-state index contributed by atoms with van der Waals surface area (Å²) in [5.74, 6) is -0.151. The number of amides is 1. The minimum atomic E-state index is -3.45. The first-order chi connectivity index (χ1) is 11.4. The molecule has 2 aliphatic rings. The average molecular weight is 351 g/mol. The third-order valence-electron chi connectivity index (χ3n) is 4.96. The average Bonchev–Trinajstić information content (AvgIpc) is 2.60. The van der Waals surface area contributed by atoms with Gasteiger partial charge in [-0.05, 0) is 30.4 Å². The first kappa shape index (κ1) is 17.4. The Bertz CT molecular complexity index is 718. The predicted octanol–water partition coefficient (Wildman–Crippen LogP) is 1.09. The van der Waals surface area contributed by atoms with Crippen LogP contribution in [0, 0.1) is 5.92 Å². The van der Waals surface area contributed by atoms with E-state index >= 15 is 0 Å². The Morgan fingerprint density at radius 3 is 2.58 bits per heavy atom. The zero-order valence-electron chi connectivity index (χ0n) is 14.3. The van der Waals surface area contributed by atoms with Crippen molar-refractivity contribution >= 4 is 16.1 Å². The number of nitrogens with zero attached hydrogens (tertiary/aromatic N) is 3. The summed E-state index contributed by atoms with van der Waals surface area (Å²) in [6.45, 7) is 2.13. The summed E-state index contributed by atoms with van der Waals surface area (Å²) in [6.07, 6.45) is 2.36. The maximum Gasteiger partial charge on any atom is 0.281 e. The fourth-order valence-corrected chi connectivity index (χ4v) is 4.72. The molecule has 2 aliphatic heterocycles. The minimum absolute atomic E-state index is 0.0863. The maximum absolute atomic E-state index is 12.9. The van der Waals surface area contributed by atoms with Gasteiger partial charge in [-0.1, -0.05) is 24.3 Å². The molecule has 6 nitrogen and oxygen atoms in total. The highest BCUT2D eigenvalue weighted by molar-refractivity contribution is 7.86. The lowest BCUT2D eigenvalue weighted by atomic mass is 9.95. The van der Waals surface area contributed by atoms with Crippen molar-refractivity contribution < 1.29 is 13.2 Å². The molecule has 1 atom stereocenters. The van der Waals surface area contributed by atoms with E-state index in [0.717, 1.165) is 19.3 Å². The van der Waals surface area contributed by atoms with Gasteiger partial charge in [0.25, 0.3) is 10.2 Å². The molecule has 0 aromatic heterocycles. The van der Waals surface area contributed by atoms with Gasteiger partial charge in [-0.15, -0.1) is 0 Å². The number of benzene rings is 1. The largest absolute Gasteiger partial charge is 0.338 e. The van der Waals surface area contributed by atoms with E-state index in [0.29, 0.717) is 19.6 Å². The number of fused-ring (bicyclic) bond motifs is 1. The van der Waals surface area contributed by atoms with Crippen molar-refractivity contribution in [2.24, 2.45) is 5.92 Å². The molecule has 1 fully saturated rings. The number of hydrogen-bond donors (Lipinski definition) is 0. The van der Waals surface area contributed by atoms with Crippen LogP contribution in [0.3, 0.4) is 0 Å². The van der Waals surface area contributed by atoms with Crippen molar-refractivity contribution in [3.63, 3.8) is 0 Å². The Labute approximate surface area is 144 Å². The summed E-state index contributed by atoms with van der Waals surface area (Å²) in [5, 5.41) is 0. The molecule has 0 aliphatic carbocycles. The lowest BCUT2D eigenvalue weighted by Gasteiger charge is -2.36. The molecular weight excluding hydrogens is 326 g/mol. The van der Waals surface area contributed by atoms with Crippen molar-refractivity contribution in [3.05, 3.63) is 35.4 Å². The van der Waals surface area contributed by atoms with Crippen LogP contribution in [0.15, 0.2) is 24.3 Å². The highest BCUT2D eigenvalue weighted by Gasteiger charge is 2.35. The fraction of sp³-hybridized carbons (Fsp3) is 0.588. The summed E-state index contributed by atoms with van der Waals surface area (Å²) in [4.78, 5) is 14.8. The van der Waals surface area contributed by atoms with Crippen molar-refractivity contribution in [2.45, 2.75) is 25.8 Å². The standard InChI is InChI=1S/C17H25N3O3S/c1-18(2)24(22,23)20-10-5-8-16(13-20)17(21)19-11-9-14-6-3-4-7-15(14)12-19/h3-4,6-7,16H,5,8-13H2,1-2H3. The van der Waals surface area contributed by atoms with Gasteiger partial charge >= 0.3 is 0 Å². The summed E-state index contributed by atoms with van der Waals surface area (Å²) >= 11 is 0. The Balaban J connectivity index is 1.70. The molecule has 0 saturated carbocycles. The topological polar surface area (TPSA) is 60.9 Å². The zero-order chi connectivity index (χ0) is 17.3. The minimum Gasteiger partial charge on any atom is -0.338 e. The van der Waals surface area contributed by atoms with E-state index in [9.17, 15) is 13.2 Å². The first-order valence-electron chi connectivity index (χ1n) is 8.43. The molecule has 132 valence electrons. The van der Waals surface area contributed by atoms with E-state index in [1.54, 1.807) is 0 Å². The third kappa shape index (κ3) is 3.34. The molecular formula is C17H25N3O3S. The molecule has 1 aromatic carbocycles. The molecule has 1 saturated heterocycles. The van der Waals surface area contributed by atoms with Crippen LogP contribution < -0.4 is 0 Å². The lowest BCUT2D eigenvalue weighted by molar-refractivity contribution is -0.137. The van der Waals surface area contributed by atoms with E-state index in [1.807, 2.05) is 17.0 Å². The summed E-state index contributed by atoms with van der Waals surface area (Å²) in [6, 6.07) is 8.21. The molecule has 0 N–H and O–H groups in total. The van der Waals surface area contributed by atoms with Crippen LogP contribution in [0.25, 0.3) is 0 Å². The number of rotatable bonds is 3. The summed E-state index contributed by atoms with van der Waals surface area (Å²) < 4.78 is 27.3. The highest BCUT2D eigenvalue weighted by Crippen LogP contribution is 2.25. The van der Waals surface area contributed by atoms with Crippen LogP contribution >= 0.6 is 0 Å². The Kier molecular flexibility index (Phi) is 4.94. The van der Waals surface area contributed by atoms with Crippen LogP contribution in [0.2, 0.25) is 0 Å². The molecule has 1 aromatic rings. The number of carbonyl (C=O) groups excluding carboxylic acids is 1. The SMILES string of the molecule is CN(C)S(=O)(=O)N1CCCC(C(=O)N2CCc3ccccc3C2)C1. The Hall–Kier alpha value is -1.44. The smallest absolute Gasteiger partial charge is 0.281 e. The molecule has 1 amide bonds. The van der Waals surface area contributed by atoms with Crippen molar-refractivity contribution in [1.29, 1.82) is 0 Å². The molecule has 0 radical (unpaired) electrons. The monoisotopic (exact) mass is 351 g/mol. The van der Waals surface area contributed by atoms with Crippen LogP contribution in [0.1, 0.15) is 24.0 Å². The van der Waals surface area contributed by atoms with Gasteiger partial charge in [0.15, 0.2) is 0 Å². The molecule has 24 heavy (non-hydrogen) atoms. The van der Waals surface area contributed by atoms with Crippen molar-refractivity contribution in [1.82, 2.24) is 13.5 Å². The Morgan fingerprint density at radius 2 is 1.88 bits per heavy atom. The molecule has 7 heteroatoms. The van der Waals surface area contributed by atoms with Gasteiger partial charge in [0.2, 0.25) is 5.91 Å². The van der Waals surface area contributed by atoms with Crippen molar-refractivity contribution in [3.8, 4) is 0 Å².